The van der Waals surface area contributed by atoms with E-state index in [2.05, 4.69) is 27.7 Å². The first kappa shape index (κ1) is 38.1. The molecule has 8 saturated heterocycles. The van der Waals surface area contributed by atoms with Crippen molar-refractivity contribution in [3.63, 3.8) is 0 Å². The van der Waals surface area contributed by atoms with Crippen LogP contribution in [-0.2, 0) is 63.9 Å². The highest BCUT2D eigenvalue weighted by atomic mass is 32.5. The zero-order chi connectivity index (χ0) is 36.0. The van der Waals surface area contributed by atoms with E-state index in [4.69, 9.17) is 63.9 Å². The maximum absolute atomic E-state index is 7.10. The minimum atomic E-state index is -2.93. The van der Waals surface area contributed by atoms with Crippen LogP contribution in [0.5, 0.6) is 0 Å². The van der Waals surface area contributed by atoms with Crippen molar-refractivity contribution in [1.29, 1.82) is 0 Å². The minimum absolute atomic E-state index is 0.0410. The summed E-state index contributed by atoms with van der Waals surface area (Å²) < 4.78 is 46.1. The van der Waals surface area contributed by atoms with Crippen LogP contribution in [0.4, 0.5) is 0 Å². The summed E-state index contributed by atoms with van der Waals surface area (Å²) in [6.45, 7) is 15.5. The third-order valence-electron chi connectivity index (χ3n) is 14.8. The van der Waals surface area contributed by atoms with E-state index in [0.717, 1.165) is 51.4 Å². The fraction of sp³-hybridized carbons (Fsp3) is 1.00. The van der Waals surface area contributed by atoms with Gasteiger partial charge in [0.15, 0.2) is 23.8 Å². The number of rotatable bonds is 11. The molecule has 292 valence electrons. The molecule has 4 bridgehead atoms. The normalized spacial score (nSPS) is 51.9. The Morgan fingerprint density at radius 3 is 1.51 bits per heavy atom. The second kappa shape index (κ2) is 14.0. The molecule has 8 heterocycles. The van der Waals surface area contributed by atoms with Crippen molar-refractivity contribution in [2.45, 2.75) is 167 Å². The van der Waals surface area contributed by atoms with E-state index in [1.54, 1.807) is 0 Å². The number of fused-ring (bicyclic) bond motifs is 4. The van der Waals surface area contributed by atoms with E-state index in [-0.39, 0.29) is 41.8 Å². The molecule has 0 amide bonds. The summed E-state index contributed by atoms with van der Waals surface area (Å²) in [7, 11) is 0. The summed E-state index contributed by atoms with van der Waals surface area (Å²) in [5, 5.41) is 0. The van der Waals surface area contributed by atoms with Gasteiger partial charge in [0, 0.05) is 24.7 Å². The molecule has 11 nitrogen and oxygen atoms in total. The molecule has 0 aromatic carbocycles. The summed E-state index contributed by atoms with van der Waals surface area (Å²) in [4.78, 5) is 25.1. The molecule has 0 radical (unpaired) electrons. The van der Waals surface area contributed by atoms with Gasteiger partial charge >= 0.3 is 6.72 Å². The highest BCUT2D eigenvalue weighted by Crippen LogP contribution is 2.63. The van der Waals surface area contributed by atoms with E-state index >= 15 is 0 Å². The van der Waals surface area contributed by atoms with Crippen LogP contribution in [-0.4, -0.2) is 67.4 Å². The van der Waals surface area contributed by atoms with Crippen molar-refractivity contribution in [1.82, 2.24) is 0 Å². The Hall–Kier alpha value is 0.210. The fourth-order valence-electron chi connectivity index (χ4n) is 12.0. The second-order valence-corrected chi connectivity index (χ2v) is 20.8. The molecule has 2 spiro atoms. The Morgan fingerprint density at radius 2 is 1.08 bits per heavy atom. The molecule has 2 aliphatic carbocycles. The molecule has 0 N–H and O–H groups in total. The average molecular weight is 759 g/mol. The Morgan fingerprint density at radius 1 is 0.627 bits per heavy atom. The lowest BCUT2D eigenvalue weighted by Crippen LogP contribution is -2.70. The molecule has 51 heavy (non-hydrogen) atoms. The van der Waals surface area contributed by atoms with Gasteiger partial charge in [0.25, 0.3) is 0 Å². The van der Waals surface area contributed by atoms with Gasteiger partial charge in [-0.1, -0.05) is 27.7 Å². The van der Waals surface area contributed by atoms with Crippen LogP contribution in [0.1, 0.15) is 120 Å². The molecular formula is C38H63O11PS. The van der Waals surface area contributed by atoms with Crippen molar-refractivity contribution >= 4 is 18.5 Å². The maximum Gasteiger partial charge on any atom is 0.327 e. The first-order valence-electron chi connectivity index (χ1n) is 20.2. The number of hydrogen-bond acceptors (Lipinski definition) is 12. The highest BCUT2D eigenvalue weighted by Gasteiger charge is 2.71. The van der Waals surface area contributed by atoms with E-state index < -0.39 is 42.1 Å². The average Bonchev–Trinajstić information content (AvgIpc) is 3.46. The Kier molecular flexibility index (Phi) is 10.5. The molecular weight excluding hydrogens is 695 g/mol. The number of hydrogen-bond donors (Lipinski definition) is 0. The SMILES string of the molecule is CCOP(=S)(OCC)OCC(C[C@H]1O[C@@H]2O[C@]3(C)CC[C@H]4[C@H](C)CC[C@@H]([C@H]1C)[C@@]24OO3)C[C@H]1O[C@@H]2O[C@]3(C)CC[C@H]4[C@H](C)CC[C@@H]([C@H]1C)[C@@]24OO3. The maximum atomic E-state index is 7.10. The van der Waals surface area contributed by atoms with Crippen LogP contribution in [0.25, 0.3) is 0 Å². The lowest BCUT2D eigenvalue weighted by molar-refractivity contribution is -0.571. The van der Waals surface area contributed by atoms with Gasteiger partial charge < -0.3 is 32.5 Å². The third-order valence-corrected chi connectivity index (χ3v) is 17.3. The fourth-order valence-corrected chi connectivity index (χ4v) is 14.1. The molecule has 10 fully saturated rings. The van der Waals surface area contributed by atoms with Gasteiger partial charge in [0.2, 0.25) is 11.6 Å². The molecule has 8 aliphatic heterocycles. The summed E-state index contributed by atoms with van der Waals surface area (Å²) in [5.74, 6) is 1.03. The minimum Gasteiger partial charge on any atom is -0.346 e. The lowest BCUT2D eigenvalue weighted by Gasteiger charge is -2.61. The van der Waals surface area contributed by atoms with Crippen molar-refractivity contribution in [3.8, 4) is 0 Å². The highest BCUT2D eigenvalue weighted by molar-refractivity contribution is 8.07. The number of ether oxygens (including phenoxy) is 4. The van der Waals surface area contributed by atoms with Gasteiger partial charge in [-0.25, -0.2) is 19.6 Å². The lowest BCUT2D eigenvalue weighted by atomic mass is 9.56. The van der Waals surface area contributed by atoms with Crippen LogP contribution < -0.4 is 0 Å². The Bertz CT molecular complexity index is 1240. The smallest absolute Gasteiger partial charge is 0.327 e. The van der Waals surface area contributed by atoms with Crippen molar-refractivity contribution in [2.24, 2.45) is 53.3 Å². The summed E-state index contributed by atoms with van der Waals surface area (Å²) >= 11 is 5.87. The predicted octanol–water partition coefficient (Wildman–Crippen LogP) is 8.20. The van der Waals surface area contributed by atoms with Gasteiger partial charge in [-0.2, -0.15) is 0 Å². The molecule has 10 rings (SSSR count). The van der Waals surface area contributed by atoms with Crippen molar-refractivity contribution in [2.75, 3.05) is 19.8 Å². The summed E-state index contributed by atoms with van der Waals surface area (Å²) in [6, 6.07) is 0. The van der Waals surface area contributed by atoms with E-state index in [1.807, 2.05) is 27.7 Å². The van der Waals surface area contributed by atoms with Crippen LogP contribution in [0.15, 0.2) is 0 Å². The largest absolute Gasteiger partial charge is 0.346 e. The second-order valence-electron chi connectivity index (χ2n) is 17.8. The quantitative estimate of drug-likeness (QED) is 0.150. The van der Waals surface area contributed by atoms with Gasteiger partial charge in [-0.3, -0.25) is 0 Å². The van der Waals surface area contributed by atoms with E-state index in [1.165, 1.54) is 12.8 Å². The first-order chi connectivity index (χ1) is 24.3. The summed E-state index contributed by atoms with van der Waals surface area (Å²) in [5.41, 5.74) is -1.20. The Balaban J connectivity index is 1.07. The van der Waals surface area contributed by atoms with Gasteiger partial charge in [0.1, 0.15) is 0 Å². The Labute approximate surface area is 310 Å². The predicted molar refractivity (Wildman–Crippen MR) is 190 cm³/mol. The monoisotopic (exact) mass is 758 g/mol. The van der Waals surface area contributed by atoms with Crippen LogP contribution >= 0.6 is 6.72 Å². The molecule has 16 atom stereocenters. The summed E-state index contributed by atoms with van der Waals surface area (Å²) in [6.07, 6.45) is 8.42. The van der Waals surface area contributed by atoms with E-state index in [9.17, 15) is 0 Å². The van der Waals surface area contributed by atoms with Crippen molar-refractivity contribution in [3.05, 3.63) is 0 Å². The van der Waals surface area contributed by atoms with Gasteiger partial charge in [-0.15, -0.1) is 0 Å². The van der Waals surface area contributed by atoms with Gasteiger partial charge in [-0.05, 0) is 132 Å². The van der Waals surface area contributed by atoms with Crippen molar-refractivity contribution < 1.29 is 52.1 Å². The first-order valence-corrected chi connectivity index (χ1v) is 22.8. The standard InChI is InChI=1S/C38H63O11PS/c1-9-39-50(51,40-10-2)41-21-26(19-31-24(5)29-13-11-22(3)27-15-17-35(7)44-33(42-31)37(27,29)48-46-35)20-32-25(6)30-14-12-23(4)28-16-18-36(8)45-34(43-32)38(28,30)49-47-36/h22-34H,9-21H2,1-8H3/t22-,23-,24-,25-,27+,28+,29+,30+,31-,32-,33-,34-,35+,36+,37-,38-/m1/s1. The molecule has 0 unspecified atom stereocenters. The molecule has 0 aromatic rings. The van der Waals surface area contributed by atoms with E-state index in [0.29, 0.717) is 43.5 Å². The molecule has 2 saturated carbocycles. The van der Waals surface area contributed by atoms with Crippen LogP contribution in [0.3, 0.4) is 0 Å². The molecule has 10 aliphatic rings. The molecule has 0 aromatic heterocycles. The van der Waals surface area contributed by atoms with Crippen LogP contribution in [0, 0.1) is 53.3 Å². The zero-order valence-electron chi connectivity index (χ0n) is 32.0. The zero-order valence-corrected chi connectivity index (χ0v) is 33.8. The molecule has 13 heteroatoms. The topological polar surface area (TPSA) is 102 Å². The third kappa shape index (κ3) is 6.29. The van der Waals surface area contributed by atoms with Crippen LogP contribution in [0.2, 0.25) is 0 Å². The van der Waals surface area contributed by atoms with Gasteiger partial charge in [0.05, 0.1) is 32.0 Å².